The number of benzene rings is 1. The summed E-state index contributed by atoms with van der Waals surface area (Å²) in [6.45, 7) is 8.51. The number of hydrogen-bond acceptors (Lipinski definition) is 3. The quantitative estimate of drug-likeness (QED) is 0.535. The van der Waals surface area contributed by atoms with Gasteiger partial charge in [-0.1, -0.05) is 26.0 Å². The van der Waals surface area contributed by atoms with Gasteiger partial charge in [0.15, 0.2) is 5.96 Å². The summed E-state index contributed by atoms with van der Waals surface area (Å²) in [6, 6.07) is 6.50. The monoisotopic (exact) mass is 339 g/mol. The lowest BCUT2D eigenvalue weighted by Gasteiger charge is -2.22. The van der Waals surface area contributed by atoms with E-state index in [0.29, 0.717) is 31.6 Å². The van der Waals surface area contributed by atoms with Crippen LogP contribution in [0.1, 0.15) is 26.3 Å². The molecule has 0 saturated heterocycles. The van der Waals surface area contributed by atoms with Gasteiger partial charge in [0.25, 0.3) is 0 Å². The lowest BCUT2D eigenvalue weighted by molar-refractivity contribution is 0.0300. The van der Waals surface area contributed by atoms with Crippen LogP contribution in [-0.4, -0.2) is 55.4 Å². The van der Waals surface area contributed by atoms with Gasteiger partial charge in [-0.15, -0.1) is 0 Å². The van der Waals surface area contributed by atoms with Gasteiger partial charge in [0, 0.05) is 26.7 Å². The molecule has 0 aliphatic heterocycles. The number of rotatable bonds is 9. The molecule has 136 valence electrons. The maximum Gasteiger partial charge on any atom is 0.194 e. The van der Waals surface area contributed by atoms with E-state index in [1.807, 2.05) is 24.9 Å². The fourth-order valence-corrected chi connectivity index (χ4v) is 2.14. The van der Waals surface area contributed by atoms with Gasteiger partial charge >= 0.3 is 0 Å². The van der Waals surface area contributed by atoms with Crippen molar-refractivity contribution in [2.24, 2.45) is 10.9 Å². The van der Waals surface area contributed by atoms with Crippen molar-refractivity contribution in [3.63, 3.8) is 0 Å². The van der Waals surface area contributed by atoms with Gasteiger partial charge in [-0.05, 0) is 30.5 Å². The van der Waals surface area contributed by atoms with Crippen LogP contribution in [0, 0.1) is 11.7 Å². The fourth-order valence-electron chi connectivity index (χ4n) is 2.14. The lowest BCUT2D eigenvalue weighted by atomic mass is 10.2. The van der Waals surface area contributed by atoms with Gasteiger partial charge in [0.1, 0.15) is 5.82 Å². The van der Waals surface area contributed by atoms with E-state index in [1.54, 1.807) is 6.07 Å². The summed E-state index contributed by atoms with van der Waals surface area (Å²) in [6.07, 6.45) is -0.639. The van der Waals surface area contributed by atoms with Gasteiger partial charge in [-0.25, -0.2) is 4.39 Å². The first-order valence-electron chi connectivity index (χ1n) is 8.42. The van der Waals surface area contributed by atoms with Crippen molar-refractivity contribution in [2.45, 2.75) is 33.4 Å². The standard InChI is InChI=1S/C18H30FN3O2/c1-5-20-18(21-10-17(23)13-24-12-14(2)3)22(4)11-15-7-6-8-16(19)9-15/h6-9,14,17,23H,5,10-13H2,1-4H3,(H,20,21). The maximum atomic E-state index is 13.3. The average Bonchev–Trinajstić information content (AvgIpc) is 2.51. The Hall–Kier alpha value is -1.66. The molecule has 5 nitrogen and oxygen atoms in total. The molecule has 1 aromatic carbocycles. The third kappa shape index (κ3) is 8.26. The summed E-state index contributed by atoms with van der Waals surface area (Å²) in [7, 11) is 1.88. The Bertz CT molecular complexity index is 509. The number of guanidine groups is 1. The summed E-state index contributed by atoms with van der Waals surface area (Å²) in [4.78, 5) is 6.34. The van der Waals surface area contributed by atoms with Crippen molar-refractivity contribution in [1.29, 1.82) is 0 Å². The third-order valence-electron chi connectivity index (χ3n) is 3.22. The van der Waals surface area contributed by atoms with E-state index in [9.17, 15) is 9.50 Å². The molecule has 0 aromatic heterocycles. The normalized spacial score (nSPS) is 13.2. The highest BCUT2D eigenvalue weighted by atomic mass is 19.1. The van der Waals surface area contributed by atoms with Crippen molar-refractivity contribution in [3.05, 3.63) is 35.6 Å². The molecule has 0 radical (unpaired) electrons. The number of halogens is 1. The van der Waals surface area contributed by atoms with Crippen molar-refractivity contribution in [3.8, 4) is 0 Å². The highest BCUT2D eigenvalue weighted by molar-refractivity contribution is 5.79. The van der Waals surface area contributed by atoms with Crippen molar-refractivity contribution in [2.75, 3.05) is 33.4 Å². The molecule has 0 aliphatic carbocycles. The largest absolute Gasteiger partial charge is 0.389 e. The van der Waals surface area contributed by atoms with Gasteiger partial charge in [0.05, 0.1) is 19.3 Å². The molecule has 0 aliphatic rings. The van der Waals surface area contributed by atoms with Crippen molar-refractivity contribution >= 4 is 5.96 Å². The molecule has 2 N–H and O–H groups in total. The Balaban J connectivity index is 2.57. The zero-order valence-corrected chi connectivity index (χ0v) is 15.1. The van der Waals surface area contributed by atoms with Crippen LogP contribution in [-0.2, 0) is 11.3 Å². The topological polar surface area (TPSA) is 57.1 Å². The molecule has 6 heteroatoms. The molecular formula is C18H30FN3O2. The van der Waals surface area contributed by atoms with Crippen LogP contribution in [0.3, 0.4) is 0 Å². The van der Waals surface area contributed by atoms with Crippen molar-refractivity contribution in [1.82, 2.24) is 10.2 Å². The lowest BCUT2D eigenvalue weighted by Crippen LogP contribution is -2.39. The SMILES string of the molecule is CCNC(=NCC(O)COCC(C)C)N(C)Cc1cccc(F)c1. The minimum atomic E-state index is -0.639. The Labute approximate surface area is 144 Å². The first-order chi connectivity index (χ1) is 11.4. The van der Waals surface area contributed by atoms with E-state index in [4.69, 9.17) is 4.74 Å². The molecule has 0 saturated carbocycles. The molecule has 0 bridgehead atoms. The Morgan fingerprint density at radius 3 is 2.75 bits per heavy atom. The Morgan fingerprint density at radius 2 is 2.12 bits per heavy atom. The smallest absolute Gasteiger partial charge is 0.194 e. The Kier molecular flexibility index (Phi) is 9.34. The first kappa shape index (κ1) is 20.4. The number of aliphatic hydroxyl groups excluding tert-OH is 1. The summed E-state index contributed by atoms with van der Waals surface area (Å²) in [5, 5.41) is 13.1. The zero-order valence-electron chi connectivity index (χ0n) is 15.1. The molecule has 0 heterocycles. The molecule has 1 unspecified atom stereocenters. The summed E-state index contributed by atoms with van der Waals surface area (Å²) < 4.78 is 18.7. The highest BCUT2D eigenvalue weighted by Crippen LogP contribution is 2.06. The second kappa shape index (κ2) is 11.0. The molecular weight excluding hydrogens is 309 g/mol. The number of aliphatic hydroxyl groups is 1. The van der Waals surface area contributed by atoms with Crippen LogP contribution in [0.2, 0.25) is 0 Å². The molecule has 1 aromatic rings. The van der Waals surface area contributed by atoms with E-state index in [-0.39, 0.29) is 19.0 Å². The molecule has 0 spiro atoms. The van der Waals surface area contributed by atoms with E-state index in [2.05, 4.69) is 24.2 Å². The maximum absolute atomic E-state index is 13.3. The van der Waals surface area contributed by atoms with E-state index in [0.717, 1.165) is 5.56 Å². The van der Waals surface area contributed by atoms with E-state index >= 15 is 0 Å². The fraction of sp³-hybridized carbons (Fsp3) is 0.611. The number of ether oxygens (including phenoxy) is 1. The second-order valence-electron chi connectivity index (χ2n) is 6.27. The predicted octanol–water partition coefficient (Wildman–Crippen LogP) is 2.26. The molecule has 1 rings (SSSR count). The van der Waals surface area contributed by atoms with Gasteiger partial charge in [0.2, 0.25) is 0 Å². The average molecular weight is 339 g/mol. The summed E-state index contributed by atoms with van der Waals surface area (Å²) >= 11 is 0. The number of nitrogens with one attached hydrogen (secondary N) is 1. The molecule has 0 fully saturated rings. The molecule has 24 heavy (non-hydrogen) atoms. The number of hydrogen-bond donors (Lipinski definition) is 2. The minimum Gasteiger partial charge on any atom is -0.389 e. The molecule has 0 amide bonds. The van der Waals surface area contributed by atoms with Crippen molar-refractivity contribution < 1.29 is 14.2 Å². The van der Waals surface area contributed by atoms with Gasteiger partial charge in [-0.3, -0.25) is 4.99 Å². The molecule has 1 atom stereocenters. The second-order valence-corrected chi connectivity index (χ2v) is 6.27. The van der Waals surface area contributed by atoms with Crippen LogP contribution in [0.4, 0.5) is 4.39 Å². The van der Waals surface area contributed by atoms with Gasteiger partial charge in [-0.2, -0.15) is 0 Å². The third-order valence-corrected chi connectivity index (χ3v) is 3.22. The summed E-state index contributed by atoms with van der Waals surface area (Å²) in [5.74, 6) is 0.862. The van der Waals surface area contributed by atoms with Crippen LogP contribution in [0.15, 0.2) is 29.3 Å². The van der Waals surface area contributed by atoms with Crippen LogP contribution in [0.5, 0.6) is 0 Å². The van der Waals surface area contributed by atoms with Crippen LogP contribution >= 0.6 is 0 Å². The zero-order chi connectivity index (χ0) is 17.9. The number of aliphatic imine (C=N–C) groups is 1. The van der Waals surface area contributed by atoms with E-state index < -0.39 is 6.10 Å². The predicted molar refractivity (Wildman–Crippen MR) is 95.5 cm³/mol. The highest BCUT2D eigenvalue weighted by Gasteiger charge is 2.09. The van der Waals surface area contributed by atoms with Crippen LogP contribution < -0.4 is 5.32 Å². The Morgan fingerprint density at radius 1 is 1.38 bits per heavy atom. The first-order valence-corrected chi connectivity index (χ1v) is 8.42. The van der Waals surface area contributed by atoms with Crippen LogP contribution in [0.25, 0.3) is 0 Å². The van der Waals surface area contributed by atoms with Gasteiger partial charge < -0.3 is 20.1 Å². The van der Waals surface area contributed by atoms with E-state index in [1.165, 1.54) is 12.1 Å². The summed E-state index contributed by atoms with van der Waals surface area (Å²) in [5.41, 5.74) is 0.865. The minimum absolute atomic E-state index is 0.249. The number of nitrogens with zero attached hydrogens (tertiary/aromatic N) is 2.